The van der Waals surface area contributed by atoms with E-state index in [1.165, 1.54) is 12.8 Å². The van der Waals surface area contributed by atoms with Crippen LogP contribution in [0.4, 0.5) is 0 Å². The predicted molar refractivity (Wildman–Crippen MR) is 135 cm³/mol. The molecule has 2 aliphatic heterocycles. The second-order valence-electron chi connectivity index (χ2n) is 9.50. The van der Waals surface area contributed by atoms with E-state index in [0.29, 0.717) is 16.5 Å². The largest absolute Gasteiger partial charge is 0.481 e. The van der Waals surface area contributed by atoms with Gasteiger partial charge in [0.15, 0.2) is 0 Å². The summed E-state index contributed by atoms with van der Waals surface area (Å²) in [6.45, 7) is 5.00. The Morgan fingerprint density at radius 2 is 1.76 bits per heavy atom. The Morgan fingerprint density at radius 3 is 2.38 bits per heavy atom. The van der Waals surface area contributed by atoms with Crippen LogP contribution in [0.1, 0.15) is 62.1 Å². The third-order valence-electron chi connectivity index (χ3n) is 7.26. The number of amides is 1. The lowest BCUT2D eigenvalue weighted by Gasteiger charge is -2.49. The fourth-order valence-electron chi connectivity index (χ4n) is 5.65. The van der Waals surface area contributed by atoms with Crippen molar-refractivity contribution in [1.82, 2.24) is 9.80 Å². The molecule has 5 nitrogen and oxygen atoms in total. The van der Waals surface area contributed by atoms with Crippen molar-refractivity contribution in [2.24, 2.45) is 5.92 Å². The van der Waals surface area contributed by atoms with Crippen LogP contribution in [0.25, 0.3) is 0 Å². The lowest BCUT2D eigenvalue weighted by atomic mass is 9.74. The molecule has 1 amide bonds. The number of hydrogen-bond donors (Lipinski definition) is 1. The molecule has 4 atom stereocenters. The van der Waals surface area contributed by atoms with Crippen molar-refractivity contribution in [3.05, 3.63) is 69.7 Å². The first kappa shape index (κ1) is 25.0. The zero-order valence-electron chi connectivity index (χ0n) is 19.5. The molecule has 2 aromatic carbocycles. The Hall–Kier alpha value is -2.08. The Kier molecular flexibility index (Phi) is 8.18. The van der Waals surface area contributed by atoms with Gasteiger partial charge >= 0.3 is 5.97 Å². The molecule has 0 bridgehead atoms. The van der Waals surface area contributed by atoms with Gasteiger partial charge in [-0.15, -0.1) is 0 Å². The Morgan fingerprint density at radius 1 is 1.06 bits per heavy atom. The maximum atomic E-state index is 13.9. The Labute approximate surface area is 211 Å². The molecule has 0 radical (unpaired) electrons. The normalized spacial score (nSPS) is 24.4. The molecule has 4 unspecified atom stereocenters. The Bertz CT molecular complexity index is 1010. The molecule has 0 saturated carbocycles. The van der Waals surface area contributed by atoms with Gasteiger partial charge in [0, 0.05) is 34.5 Å². The highest BCUT2D eigenvalue weighted by molar-refractivity contribution is 6.30. The number of carboxylic acids is 1. The fourth-order valence-corrected chi connectivity index (χ4v) is 5.98. The summed E-state index contributed by atoms with van der Waals surface area (Å²) in [7, 11) is 0. The number of likely N-dealkylation sites (tertiary alicyclic amines) is 2. The number of carbonyl (C=O) groups excluding carboxylic acids is 1. The number of nitrogens with zero attached hydrogens (tertiary/aromatic N) is 2. The van der Waals surface area contributed by atoms with E-state index in [1.807, 2.05) is 53.4 Å². The maximum absolute atomic E-state index is 13.9. The fraction of sp³-hybridized carbons (Fsp3) is 0.481. The summed E-state index contributed by atoms with van der Waals surface area (Å²) in [5.41, 5.74) is 2.03. The number of carboxylic acid groups (broad SMARTS) is 1. The van der Waals surface area contributed by atoms with E-state index >= 15 is 0 Å². The van der Waals surface area contributed by atoms with E-state index in [4.69, 9.17) is 23.2 Å². The van der Waals surface area contributed by atoms with Gasteiger partial charge in [-0.3, -0.25) is 9.59 Å². The molecule has 1 N–H and O–H groups in total. The van der Waals surface area contributed by atoms with Crippen molar-refractivity contribution in [2.75, 3.05) is 19.6 Å². The van der Waals surface area contributed by atoms with Crippen molar-refractivity contribution >= 4 is 35.1 Å². The molecule has 0 aliphatic carbocycles. The van der Waals surface area contributed by atoms with Crippen LogP contribution in [0.5, 0.6) is 0 Å². The number of benzene rings is 2. The molecule has 2 aliphatic rings. The third kappa shape index (κ3) is 5.59. The number of piperidine rings is 1. The standard InChI is InChI=1S/C27H32Cl2N2O3/c1-2-23(17-30-12-3-4-13-30)31-26(18-8-10-21(28)11-9-18)24(19-6-5-7-22(29)14-19)15-20(27(31)34)16-25(32)33/h5-11,14,20,23-24,26H,2-4,12-13,15-17H2,1H3,(H,32,33). The summed E-state index contributed by atoms with van der Waals surface area (Å²) in [6.07, 6.45) is 3.46. The van der Waals surface area contributed by atoms with Crippen molar-refractivity contribution in [1.29, 1.82) is 0 Å². The number of aliphatic carboxylic acids is 1. The first-order valence-corrected chi connectivity index (χ1v) is 12.9. The molecule has 0 aromatic heterocycles. The second kappa shape index (κ2) is 11.1. The van der Waals surface area contributed by atoms with Gasteiger partial charge in [-0.2, -0.15) is 0 Å². The number of carbonyl (C=O) groups is 2. The van der Waals surface area contributed by atoms with E-state index in [2.05, 4.69) is 11.8 Å². The Balaban J connectivity index is 1.81. The summed E-state index contributed by atoms with van der Waals surface area (Å²) in [6, 6.07) is 15.2. The molecule has 2 fully saturated rings. The molecule has 4 rings (SSSR count). The average molecular weight is 503 g/mol. The van der Waals surface area contributed by atoms with E-state index in [-0.39, 0.29) is 30.3 Å². The minimum atomic E-state index is -0.944. The SMILES string of the molecule is CCC(CN1CCCC1)N1C(=O)C(CC(=O)O)CC(c2cccc(Cl)c2)C1c1ccc(Cl)cc1. The first-order valence-electron chi connectivity index (χ1n) is 12.1. The van der Waals surface area contributed by atoms with E-state index < -0.39 is 11.9 Å². The van der Waals surface area contributed by atoms with Crippen molar-refractivity contribution in [2.45, 2.75) is 57.0 Å². The summed E-state index contributed by atoms with van der Waals surface area (Å²) in [5.74, 6) is -1.65. The summed E-state index contributed by atoms with van der Waals surface area (Å²) in [4.78, 5) is 30.1. The minimum Gasteiger partial charge on any atom is -0.481 e. The van der Waals surface area contributed by atoms with Crippen LogP contribution in [0.15, 0.2) is 48.5 Å². The molecule has 2 aromatic rings. The van der Waals surface area contributed by atoms with Gasteiger partial charge in [-0.1, -0.05) is 54.4 Å². The van der Waals surface area contributed by atoms with Gasteiger partial charge in [-0.25, -0.2) is 0 Å². The summed E-state index contributed by atoms with van der Waals surface area (Å²) in [5, 5.41) is 10.9. The first-order chi connectivity index (χ1) is 16.4. The zero-order valence-corrected chi connectivity index (χ0v) is 21.0. The molecule has 2 saturated heterocycles. The molecule has 0 spiro atoms. The zero-order chi connectivity index (χ0) is 24.2. The van der Waals surface area contributed by atoms with Crippen LogP contribution in [0.3, 0.4) is 0 Å². The predicted octanol–water partition coefficient (Wildman–Crippen LogP) is 6.02. The lowest BCUT2D eigenvalue weighted by Crippen LogP contribution is -2.54. The third-order valence-corrected chi connectivity index (χ3v) is 7.75. The minimum absolute atomic E-state index is 0.00967. The molecule has 34 heavy (non-hydrogen) atoms. The highest BCUT2D eigenvalue weighted by Gasteiger charge is 2.46. The van der Waals surface area contributed by atoms with E-state index in [9.17, 15) is 14.7 Å². The smallest absolute Gasteiger partial charge is 0.304 e. The molecular formula is C27H32Cl2N2O3. The number of rotatable bonds is 8. The molecular weight excluding hydrogens is 471 g/mol. The van der Waals surface area contributed by atoms with Crippen molar-refractivity contribution < 1.29 is 14.7 Å². The summed E-state index contributed by atoms with van der Waals surface area (Å²) >= 11 is 12.6. The van der Waals surface area contributed by atoms with E-state index in [1.54, 1.807) is 0 Å². The monoisotopic (exact) mass is 502 g/mol. The van der Waals surface area contributed by atoms with Gasteiger partial charge in [-0.05, 0) is 74.2 Å². The van der Waals surface area contributed by atoms with Gasteiger partial charge < -0.3 is 14.9 Å². The summed E-state index contributed by atoms with van der Waals surface area (Å²) < 4.78 is 0. The molecule has 182 valence electrons. The highest BCUT2D eigenvalue weighted by atomic mass is 35.5. The van der Waals surface area contributed by atoms with Gasteiger partial charge in [0.2, 0.25) is 5.91 Å². The van der Waals surface area contributed by atoms with Gasteiger partial charge in [0.1, 0.15) is 0 Å². The number of hydrogen-bond acceptors (Lipinski definition) is 3. The van der Waals surface area contributed by atoms with Gasteiger partial charge in [0.25, 0.3) is 0 Å². The topological polar surface area (TPSA) is 60.9 Å². The van der Waals surface area contributed by atoms with E-state index in [0.717, 1.165) is 37.2 Å². The lowest BCUT2D eigenvalue weighted by molar-refractivity contribution is -0.152. The maximum Gasteiger partial charge on any atom is 0.304 e. The van der Waals surface area contributed by atoms with Crippen LogP contribution >= 0.6 is 23.2 Å². The van der Waals surface area contributed by atoms with Crippen molar-refractivity contribution in [3.63, 3.8) is 0 Å². The number of halogens is 2. The molecule has 7 heteroatoms. The van der Waals surface area contributed by atoms with Crippen LogP contribution in [0.2, 0.25) is 10.0 Å². The van der Waals surface area contributed by atoms with Gasteiger partial charge in [0.05, 0.1) is 12.5 Å². The van der Waals surface area contributed by atoms with Crippen LogP contribution in [-0.2, 0) is 9.59 Å². The quantitative estimate of drug-likeness (QED) is 0.479. The van der Waals surface area contributed by atoms with Crippen LogP contribution < -0.4 is 0 Å². The average Bonchev–Trinajstić information content (AvgIpc) is 3.32. The molecule has 2 heterocycles. The van der Waals surface area contributed by atoms with Crippen molar-refractivity contribution in [3.8, 4) is 0 Å². The second-order valence-corrected chi connectivity index (χ2v) is 10.4. The van der Waals surface area contributed by atoms with Crippen LogP contribution in [-0.4, -0.2) is 52.5 Å². The van der Waals surface area contributed by atoms with Crippen LogP contribution in [0, 0.1) is 5.92 Å². The highest BCUT2D eigenvalue weighted by Crippen LogP contribution is 2.47.